The van der Waals surface area contributed by atoms with Crippen LogP contribution in [0.25, 0.3) is 0 Å². The van der Waals surface area contributed by atoms with Gasteiger partial charge in [-0.2, -0.15) is 0 Å². The molecule has 28 heavy (non-hydrogen) atoms. The SMILES string of the molecule is CC1(C2CCC2)CCC12NC(=O)c1c(Cl)cc(Nc3cc(N)ncn3)c(=O)n12. The summed E-state index contributed by atoms with van der Waals surface area (Å²) in [4.78, 5) is 34.2. The lowest BCUT2D eigenvalue weighted by molar-refractivity contribution is -0.129. The summed E-state index contributed by atoms with van der Waals surface area (Å²) in [6.07, 6.45) is 6.47. The van der Waals surface area contributed by atoms with E-state index in [0.717, 1.165) is 25.7 Å². The number of halogens is 1. The highest BCUT2D eigenvalue weighted by atomic mass is 35.5. The molecule has 4 N–H and O–H groups in total. The van der Waals surface area contributed by atoms with Gasteiger partial charge in [-0.05, 0) is 37.7 Å². The van der Waals surface area contributed by atoms with E-state index >= 15 is 0 Å². The number of nitrogens with zero attached hydrogens (tertiary/aromatic N) is 3. The average molecular weight is 401 g/mol. The van der Waals surface area contributed by atoms with Crippen molar-refractivity contribution in [1.82, 2.24) is 19.9 Å². The zero-order valence-corrected chi connectivity index (χ0v) is 16.2. The summed E-state index contributed by atoms with van der Waals surface area (Å²) in [6, 6.07) is 3.01. The van der Waals surface area contributed by atoms with Gasteiger partial charge in [0.15, 0.2) is 0 Å². The van der Waals surface area contributed by atoms with Crippen LogP contribution in [0.1, 0.15) is 49.5 Å². The summed E-state index contributed by atoms with van der Waals surface area (Å²) in [6.45, 7) is 2.18. The third kappa shape index (κ3) is 2.12. The van der Waals surface area contributed by atoms with Crippen molar-refractivity contribution in [1.29, 1.82) is 0 Å². The maximum absolute atomic E-state index is 13.4. The van der Waals surface area contributed by atoms with Crippen molar-refractivity contribution >= 4 is 34.8 Å². The number of amides is 1. The highest BCUT2D eigenvalue weighted by molar-refractivity contribution is 6.34. The zero-order chi connectivity index (χ0) is 19.7. The van der Waals surface area contributed by atoms with E-state index in [1.165, 1.54) is 24.9 Å². The molecule has 146 valence electrons. The molecule has 5 rings (SSSR count). The van der Waals surface area contributed by atoms with Crippen LogP contribution in [0.2, 0.25) is 5.02 Å². The van der Waals surface area contributed by atoms with Gasteiger partial charge in [-0.15, -0.1) is 0 Å². The molecule has 2 aliphatic carbocycles. The second kappa shape index (κ2) is 5.70. The largest absolute Gasteiger partial charge is 0.384 e. The molecule has 2 aromatic heterocycles. The summed E-state index contributed by atoms with van der Waals surface area (Å²) in [7, 11) is 0. The molecular formula is C19H21ClN6O2. The Kier molecular flexibility index (Phi) is 3.56. The number of pyridine rings is 1. The monoisotopic (exact) mass is 400 g/mol. The fourth-order valence-corrected chi connectivity index (χ4v) is 5.33. The Hall–Kier alpha value is -2.61. The number of nitrogen functional groups attached to an aromatic ring is 1. The first-order valence-corrected chi connectivity index (χ1v) is 9.87. The fraction of sp³-hybridized carbons (Fsp3) is 0.474. The van der Waals surface area contributed by atoms with Gasteiger partial charge in [0.05, 0.1) is 5.02 Å². The fourth-order valence-electron chi connectivity index (χ4n) is 5.05. The molecule has 8 nitrogen and oxygen atoms in total. The second-order valence-corrected chi connectivity index (χ2v) is 8.62. The van der Waals surface area contributed by atoms with Gasteiger partial charge >= 0.3 is 0 Å². The predicted molar refractivity (Wildman–Crippen MR) is 106 cm³/mol. The number of hydrogen-bond acceptors (Lipinski definition) is 6. The Morgan fingerprint density at radius 1 is 1.29 bits per heavy atom. The van der Waals surface area contributed by atoms with Crippen molar-refractivity contribution in [2.75, 3.05) is 11.1 Å². The quantitative estimate of drug-likeness (QED) is 0.729. The van der Waals surface area contributed by atoms with E-state index < -0.39 is 5.66 Å². The van der Waals surface area contributed by atoms with Crippen LogP contribution >= 0.6 is 11.6 Å². The third-order valence-corrected chi connectivity index (χ3v) is 7.27. The van der Waals surface area contributed by atoms with E-state index in [0.29, 0.717) is 11.7 Å². The van der Waals surface area contributed by atoms with E-state index in [-0.39, 0.29) is 39.1 Å². The molecule has 1 spiro atoms. The highest BCUT2D eigenvalue weighted by Gasteiger charge is 2.66. The normalized spacial score (nSPS) is 28.4. The van der Waals surface area contributed by atoms with Gasteiger partial charge in [0.2, 0.25) is 0 Å². The first-order chi connectivity index (χ1) is 13.4. The number of aromatic nitrogens is 3. The average Bonchev–Trinajstić information content (AvgIpc) is 2.93. The molecule has 2 unspecified atom stereocenters. The summed E-state index contributed by atoms with van der Waals surface area (Å²) in [5.74, 6) is 0.888. The zero-order valence-electron chi connectivity index (χ0n) is 15.5. The molecule has 0 bridgehead atoms. The van der Waals surface area contributed by atoms with Crippen molar-refractivity contribution in [2.24, 2.45) is 11.3 Å². The van der Waals surface area contributed by atoms with E-state index in [1.54, 1.807) is 4.57 Å². The van der Waals surface area contributed by atoms with Gasteiger partial charge in [0.25, 0.3) is 11.5 Å². The van der Waals surface area contributed by atoms with Crippen molar-refractivity contribution in [3.63, 3.8) is 0 Å². The number of carbonyl (C=O) groups is 1. The summed E-state index contributed by atoms with van der Waals surface area (Å²) >= 11 is 6.45. The predicted octanol–water partition coefficient (Wildman–Crippen LogP) is 2.61. The Labute approximate surface area is 166 Å². The first-order valence-electron chi connectivity index (χ1n) is 9.49. The number of rotatable bonds is 3. The number of carbonyl (C=O) groups excluding carboxylic acids is 1. The smallest absolute Gasteiger partial charge is 0.276 e. The van der Waals surface area contributed by atoms with Crippen LogP contribution in [-0.2, 0) is 5.66 Å². The van der Waals surface area contributed by atoms with E-state index in [1.807, 2.05) is 0 Å². The maximum Gasteiger partial charge on any atom is 0.276 e. The number of anilines is 3. The minimum absolute atomic E-state index is 0.155. The molecule has 0 aromatic carbocycles. The lowest BCUT2D eigenvalue weighted by Gasteiger charge is -2.61. The van der Waals surface area contributed by atoms with E-state index in [9.17, 15) is 9.59 Å². The summed E-state index contributed by atoms with van der Waals surface area (Å²) < 4.78 is 1.59. The summed E-state index contributed by atoms with van der Waals surface area (Å²) in [5, 5.41) is 6.34. The van der Waals surface area contributed by atoms with Gasteiger partial charge in [-0.1, -0.05) is 24.9 Å². The van der Waals surface area contributed by atoms with Crippen LogP contribution in [0.4, 0.5) is 17.3 Å². The van der Waals surface area contributed by atoms with Gasteiger partial charge in [-0.3, -0.25) is 14.2 Å². The van der Waals surface area contributed by atoms with Crippen molar-refractivity contribution in [3.8, 4) is 0 Å². The number of nitrogens with two attached hydrogens (primary N) is 1. The van der Waals surface area contributed by atoms with Gasteiger partial charge in [0, 0.05) is 11.5 Å². The van der Waals surface area contributed by atoms with Crippen molar-refractivity contribution < 1.29 is 4.79 Å². The molecule has 2 aromatic rings. The van der Waals surface area contributed by atoms with Crippen molar-refractivity contribution in [2.45, 2.75) is 44.7 Å². The number of hydrogen-bond donors (Lipinski definition) is 3. The minimum atomic E-state index is -0.715. The third-order valence-electron chi connectivity index (χ3n) is 6.98. The van der Waals surface area contributed by atoms with Crippen LogP contribution in [0.5, 0.6) is 0 Å². The molecule has 2 fully saturated rings. The van der Waals surface area contributed by atoms with E-state index in [4.69, 9.17) is 17.3 Å². The second-order valence-electron chi connectivity index (χ2n) is 8.21. The topological polar surface area (TPSA) is 115 Å². The van der Waals surface area contributed by atoms with Crippen LogP contribution in [-0.4, -0.2) is 20.4 Å². The molecule has 1 amide bonds. The standard InChI is InChI=1S/C19H21ClN6O2/c1-18(10-3-2-4-10)5-6-19(18)25-16(27)15-11(20)7-12(17(28)26(15)19)24-14-8-13(21)22-9-23-14/h7-10H,2-6H2,1H3,(H,25,27)(H3,21,22,23,24). The summed E-state index contributed by atoms with van der Waals surface area (Å²) in [5.41, 5.74) is 5.03. The van der Waals surface area contributed by atoms with Crippen LogP contribution in [0, 0.1) is 11.3 Å². The highest BCUT2D eigenvalue weighted by Crippen LogP contribution is 2.63. The molecule has 0 radical (unpaired) electrons. The Morgan fingerprint density at radius 2 is 2.07 bits per heavy atom. The van der Waals surface area contributed by atoms with Crippen LogP contribution in [0.15, 0.2) is 23.3 Å². The van der Waals surface area contributed by atoms with Crippen LogP contribution in [0.3, 0.4) is 0 Å². The molecular weight excluding hydrogens is 380 g/mol. The number of fused-ring (bicyclic) bond motifs is 2. The molecule has 0 saturated heterocycles. The van der Waals surface area contributed by atoms with Crippen LogP contribution < -0.4 is 21.9 Å². The lowest BCUT2D eigenvalue weighted by atomic mass is 9.50. The number of nitrogens with one attached hydrogen (secondary N) is 2. The molecule has 3 heterocycles. The Balaban J connectivity index is 1.65. The van der Waals surface area contributed by atoms with Gasteiger partial charge in [-0.25, -0.2) is 9.97 Å². The van der Waals surface area contributed by atoms with Gasteiger partial charge in [0.1, 0.15) is 35.0 Å². The first kappa shape index (κ1) is 17.5. The lowest BCUT2D eigenvalue weighted by Crippen LogP contribution is -2.68. The molecule has 9 heteroatoms. The Bertz CT molecular complexity index is 1060. The Morgan fingerprint density at radius 3 is 2.68 bits per heavy atom. The maximum atomic E-state index is 13.4. The molecule has 1 aliphatic heterocycles. The molecule has 3 aliphatic rings. The van der Waals surface area contributed by atoms with E-state index in [2.05, 4.69) is 27.5 Å². The molecule has 2 saturated carbocycles. The van der Waals surface area contributed by atoms with Crippen molar-refractivity contribution in [3.05, 3.63) is 39.5 Å². The molecule has 2 atom stereocenters. The van der Waals surface area contributed by atoms with Gasteiger partial charge < -0.3 is 16.4 Å². The minimum Gasteiger partial charge on any atom is -0.384 e.